The predicted molar refractivity (Wildman–Crippen MR) is 54.8 cm³/mol. The topological polar surface area (TPSA) is 44.5 Å². The molecule has 0 saturated heterocycles. The summed E-state index contributed by atoms with van der Waals surface area (Å²) >= 11 is 0. The number of ether oxygens (including phenoxy) is 2. The zero-order valence-electron chi connectivity index (χ0n) is 8.63. The number of benzene rings is 1. The zero-order chi connectivity index (χ0) is 10.8. The summed E-state index contributed by atoms with van der Waals surface area (Å²) < 4.78 is 23.2. The third-order valence-electron chi connectivity index (χ3n) is 2.60. The highest BCUT2D eigenvalue weighted by molar-refractivity contribution is 5.52. The Bertz CT molecular complexity index is 368. The molecule has 82 valence electrons. The van der Waals surface area contributed by atoms with Gasteiger partial charge in [-0.15, -0.1) is 0 Å². The van der Waals surface area contributed by atoms with E-state index in [1.165, 1.54) is 0 Å². The largest absolute Gasteiger partial charge is 0.454 e. The van der Waals surface area contributed by atoms with Crippen LogP contribution < -0.4 is 15.2 Å². The molecule has 0 amide bonds. The molecular formula is C11H14FNO2. The first kappa shape index (κ1) is 10.2. The monoisotopic (exact) mass is 211 g/mol. The zero-order valence-corrected chi connectivity index (χ0v) is 8.63. The maximum absolute atomic E-state index is 12.6. The first-order valence-corrected chi connectivity index (χ1v) is 4.94. The normalized spacial score (nSPS) is 15.4. The summed E-state index contributed by atoms with van der Waals surface area (Å²) in [6.45, 7) is 2.20. The van der Waals surface area contributed by atoms with Gasteiger partial charge >= 0.3 is 0 Å². The van der Waals surface area contributed by atoms with Crippen LogP contribution in [0.4, 0.5) is 4.39 Å². The highest BCUT2D eigenvalue weighted by Crippen LogP contribution is 2.40. The first-order valence-electron chi connectivity index (χ1n) is 4.94. The number of halogens is 1. The van der Waals surface area contributed by atoms with Crippen molar-refractivity contribution in [2.24, 2.45) is 5.73 Å². The van der Waals surface area contributed by atoms with Gasteiger partial charge in [0.2, 0.25) is 6.79 Å². The van der Waals surface area contributed by atoms with Crippen molar-refractivity contribution in [2.45, 2.75) is 19.5 Å². The van der Waals surface area contributed by atoms with E-state index in [1.54, 1.807) is 12.1 Å². The average Bonchev–Trinajstić information content (AvgIpc) is 2.74. The Labute approximate surface area is 88.0 Å². The van der Waals surface area contributed by atoms with E-state index in [1.807, 2.05) is 6.92 Å². The van der Waals surface area contributed by atoms with Gasteiger partial charge in [-0.25, -0.2) is 4.39 Å². The molecule has 1 unspecified atom stereocenters. The highest BCUT2D eigenvalue weighted by atomic mass is 19.1. The lowest BCUT2D eigenvalue weighted by Gasteiger charge is -2.13. The van der Waals surface area contributed by atoms with Crippen molar-refractivity contribution < 1.29 is 13.9 Å². The third kappa shape index (κ3) is 1.77. The Kier molecular flexibility index (Phi) is 2.77. The minimum absolute atomic E-state index is 0.145. The Balaban J connectivity index is 2.47. The second kappa shape index (κ2) is 4.06. The molecule has 1 heterocycles. The van der Waals surface area contributed by atoms with E-state index in [4.69, 9.17) is 15.2 Å². The smallest absolute Gasteiger partial charge is 0.231 e. The standard InChI is InChI=1S/C11H14FNO2/c1-7(5-13)9-2-8(4-12)3-10-11(9)15-6-14-10/h2-3,7H,4-6,13H2,1H3. The number of hydrogen-bond acceptors (Lipinski definition) is 3. The van der Waals surface area contributed by atoms with Gasteiger partial charge in [0.25, 0.3) is 0 Å². The highest BCUT2D eigenvalue weighted by Gasteiger charge is 2.21. The van der Waals surface area contributed by atoms with Crippen LogP contribution in [-0.2, 0) is 6.67 Å². The van der Waals surface area contributed by atoms with Gasteiger partial charge in [0.05, 0.1) is 0 Å². The van der Waals surface area contributed by atoms with Gasteiger partial charge in [0, 0.05) is 5.56 Å². The molecule has 1 aromatic carbocycles. The summed E-state index contributed by atoms with van der Waals surface area (Å²) in [5, 5.41) is 0. The van der Waals surface area contributed by atoms with E-state index in [2.05, 4.69) is 0 Å². The van der Waals surface area contributed by atoms with Gasteiger partial charge < -0.3 is 15.2 Å². The van der Waals surface area contributed by atoms with E-state index in [9.17, 15) is 4.39 Å². The van der Waals surface area contributed by atoms with E-state index in [-0.39, 0.29) is 12.7 Å². The fourth-order valence-electron chi connectivity index (χ4n) is 1.67. The van der Waals surface area contributed by atoms with Crippen molar-refractivity contribution in [3.05, 3.63) is 23.3 Å². The molecule has 0 fully saturated rings. The van der Waals surface area contributed by atoms with Crippen molar-refractivity contribution in [3.63, 3.8) is 0 Å². The Morgan fingerprint density at radius 1 is 1.47 bits per heavy atom. The number of hydrogen-bond donors (Lipinski definition) is 1. The molecule has 0 spiro atoms. The Morgan fingerprint density at radius 2 is 2.27 bits per heavy atom. The Morgan fingerprint density at radius 3 is 2.93 bits per heavy atom. The molecule has 4 heteroatoms. The van der Waals surface area contributed by atoms with E-state index >= 15 is 0 Å². The fraction of sp³-hybridized carbons (Fsp3) is 0.455. The molecule has 2 rings (SSSR count). The van der Waals surface area contributed by atoms with E-state index in [0.29, 0.717) is 23.6 Å². The maximum atomic E-state index is 12.6. The lowest BCUT2D eigenvalue weighted by Crippen LogP contribution is -2.10. The van der Waals surface area contributed by atoms with Crippen LogP contribution in [0.25, 0.3) is 0 Å². The second-order valence-electron chi connectivity index (χ2n) is 3.69. The molecule has 2 N–H and O–H groups in total. The van der Waals surface area contributed by atoms with Gasteiger partial charge in [-0.1, -0.05) is 6.92 Å². The summed E-state index contributed by atoms with van der Waals surface area (Å²) in [6.07, 6.45) is 0. The molecule has 1 atom stereocenters. The lowest BCUT2D eigenvalue weighted by atomic mass is 9.97. The molecule has 0 saturated carbocycles. The van der Waals surface area contributed by atoms with Crippen LogP contribution in [0.15, 0.2) is 12.1 Å². The fourth-order valence-corrected chi connectivity index (χ4v) is 1.67. The van der Waals surface area contributed by atoms with Crippen LogP contribution in [0.5, 0.6) is 11.5 Å². The summed E-state index contributed by atoms with van der Waals surface area (Å²) in [4.78, 5) is 0. The molecule has 0 aliphatic carbocycles. The van der Waals surface area contributed by atoms with Crippen molar-refractivity contribution in [2.75, 3.05) is 13.3 Å². The molecule has 1 aliphatic heterocycles. The van der Waals surface area contributed by atoms with Crippen LogP contribution in [0.1, 0.15) is 24.0 Å². The first-order chi connectivity index (χ1) is 7.26. The van der Waals surface area contributed by atoms with Gasteiger partial charge in [-0.05, 0) is 30.2 Å². The number of fused-ring (bicyclic) bond motifs is 1. The van der Waals surface area contributed by atoms with Crippen LogP contribution in [0.3, 0.4) is 0 Å². The minimum atomic E-state index is -0.499. The van der Waals surface area contributed by atoms with Crippen LogP contribution >= 0.6 is 0 Å². The molecular weight excluding hydrogens is 197 g/mol. The molecule has 3 nitrogen and oxygen atoms in total. The maximum Gasteiger partial charge on any atom is 0.231 e. The molecule has 0 bridgehead atoms. The van der Waals surface area contributed by atoms with Crippen molar-refractivity contribution in [1.82, 2.24) is 0 Å². The molecule has 0 aromatic heterocycles. The van der Waals surface area contributed by atoms with Gasteiger partial charge in [0.15, 0.2) is 11.5 Å². The molecule has 1 aromatic rings. The summed E-state index contributed by atoms with van der Waals surface area (Å²) in [6, 6.07) is 3.47. The SMILES string of the molecule is CC(CN)c1cc(CF)cc2c1OCO2. The molecule has 1 aliphatic rings. The van der Waals surface area contributed by atoms with E-state index in [0.717, 1.165) is 5.56 Å². The molecule has 15 heavy (non-hydrogen) atoms. The van der Waals surface area contributed by atoms with Crippen LogP contribution in [0.2, 0.25) is 0 Å². The van der Waals surface area contributed by atoms with Crippen molar-refractivity contribution >= 4 is 0 Å². The average molecular weight is 211 g/mol. The quantitative estimate of drug-likeness (QED) is 0.831. The predicted octanol–water partition coefficient (Wildman–Crippen LogP) is 1.95. The third-order valence-corrected chi connectivity index (χ3v) is 2.60. The van der Waals surface area contributed by atoms with Crippen molar-refractivity contribution in [3.8, 4) is 11.5 Å². The number of alkyl halides is 1. The Hall–Kier alpha value is -1.29. The van der Waals surface area contributed by atoms with Crippen LogP contribution in [-0.4, -0.2) is 13.3 Å². The van der Waals surface area contributed by atoms with E-state index < -0.39 is 6.67 Å². The summed E-state index contributed by atoms with van der Waals surface area (Å²) in [5.41, 5.74) is 7.14. The van der Waals surface area contributed by atoms with Gasteiger partial charge in [-0.2, -0.15) is 0 Å². The number of nitrogens with two attached hydrogens (primary N) is 1. The van der Waals surface area contributed by atoms with Gasteiger partial charge in [0.1, 0.15) is 6.67 Å². The second-order valence-corrected chi connectivity index (χ2v) is 3.69. The van der Waals surface area contributed by atoms with Crippen molar-refractivity contribution in [1.29, 1.82) is 0 Å². The minimum Gasteiger partial charge on any atom is -0.454 e. The lowest BCUT2D eigenvalue weighted by molar-refractivity contribution is 0.173. The van der Waals surface area contributed by atoms with Crippen LogP contribution in [0, 0.1) is 0 Å². The summed E-state index contributed by atoms with van der Waals surface area (Å²) in [7, 11) is 0. The summed E-state index contributed by atoms with van der Waals surface area (Å²) in [5.74, 6) is 1.48. The molecule has 0 radical (unpaired) electrons. The van der Waals surface area contributed by atoms with Gasteiger partial charge in [-0.3, -0.25) is 0 Å². The number of rotatable bonds is 3.